The van der Waals surface area contributed by atoms with Gasteiger partial charge in [0.1, 0.15) is 0 Å². The van der Waals surface area contributed by atoms with Crippen LogP contribution in [0.3, 0.4) is 0 Å². The summed E-state index contributed by atoms with van der Waals surface area (Å²) in [6, 6.07) is 0. The highest BCUT2D eigenvalue weighted by molar-refractivity contribution is 6.17. The first-order valence-corrected chi connectivity index (χ1v) is 2.80. The van der Waals surface area contributed by atoms with Gasteiger partial charge in [0, 0.05) is 12.4 Å². The minimum absolute atomic E-state index is 0.479. The van der Waals surface area contributed by atoms with Crippen LogP contribution in [-0.2, 0) is 4.79 Å². The summed E-state index contributed by atoms with van der Waals surface area (Å²) in [5, 5.41) is 0.947. The molecule has 1 radical (unpaired) electrons. The number of hydrogen-bond donors (Lipinski definition) is 1. The largest absolute Gasteiger partial charge is 0.327 e. The van der Waals surface area contributed by atoms with E-state index in [2.05, 4.69) is 0 Å². The summed E-state index contributed by atoms with van der Waals surface area (Å²) >= 11 is 5.29. The van der Waals surface area contributed by atoms with Gasteiger partial charge in [0.15, 0.2) is 0 Å². The Labute approximate surface area is 53.4 Å². The van der Waals surface area contributed by atoms with Crippen LogP contribution >= 0.6 is 11.6 Å². The number of hydrazine groups is 1. The molecule has 0 aliphatic heterocycles. The molecule has 0 heterocycles. The van der Waals surface area contributed by atoms with Gasteiger partial charge in [-0.2, -0.15) is 0 Å². The molecule has 0 aromatic rings. The van der Waals surface area contributed by atoms with Crippen molar-refractivity contribution >= 4 is 18.0 Å². The zero-order chi connectivity index (χ0) is 6.41. The van der Waals surface area contributed by atoms with Crippen LogP contribution in [0.25, 0.3) is 0 Å². The molecule has 47 valence electrons. The molecule has 8 heavy (non-hydrogen) atoms. The number of nitrogens with zero attached hydrogens (tertiary/aromatic N) is 1. The number of carbonyl (C=O) groups excluding carboxylic acids is 1. The predicted molar refractivity (Wildman–Crippen MR) is 31.9 cm³/mol. The van der Waals surface area contributed by atoms with E-state index in [0.717, 1.165) is 5.01 Å². The van der Waals surface area contributed by atoms with Crippen LogP contribution < -0.4 is 5.84 Å². The Balaban J connectivity index is 2.98. The number of alkyl halides is 1. The molecular formula is C4H8ClN2O. The molecule has 0 saturated heterocycles. The summed E-state index contributed by atoms with van der Waals surface area (Å²) in [5.41, 5.74) is 0. The van der Waals surface area contributed by atoms with E-state index < -0.39 is 0 Å². The van der Waals surface area contributed by atoms with Crippen LogP contribution in [-0.4, -0.2) is 23.8 Å². The Hall–Kier alpha value is -0.280. The Morgan fingerprint density at radius 3 is 2.75 bits per heavy atom. The second-order valence-corrected chi connectivity index (χ2v) is 1.71. The van der Waals surface area contributed by atoms with Gasteiger partial charge in [0.05, 0.1) is 0 Å². The molecule has 0 fully saturated rings. The van der Waals surface area contributed by atoms with Gasteiger partial charge >= 0.3 is 6.41 Å². The lowest BCUT2D eigenvalue weighted by Gasteiger charge is -2.04. The fourth-order valence-electron chi connectivity index (χ4n) is 0.276. The fourth-order valence-corrected chi connectivity index (χ4v) is 0.395. The maximum absolute atomic E-state index is 9.64. The van der Waals surface area contributed by atoms with Gasteiger partial charge in [0.2, 0.25) is 0 Å². The van der Waals surface area contributed by atoms with Crippen LogP contribution in [0.2, 0.25) is 0 Å². The normalized spacial score (nSPS) is 8.75. The van der Waals surface area contributed by atoms with Crippen molar-refractivity contribution in [3.63, 3.8) is 0 Å². The molecule has 0 spiro atoms. The second kappa shape index (κ2) is 4.87. The minimum Gasteiger partial charge on any atom is -0.272 e. The molecule has 0 saturated carbocycles. The van der Waals surface area contributed by atoms with Crippen molar-refractivity contribution in [2.45, 2.75) is 6.42 Å². The smallest absolute Gasteiger partial charge is 0.272 e. The van der Waals surface area contributed by atoms with Gasteiger partial charge in [-0.3, -0.25) is 9.80 Å². The minimum atomic E-state index is 0.479. The van der Waals surface area contributed by atoms with E-state index in [4.69, 9.17) is 17.4 Å². The van der Waals surface area contributed by atoms with E-state index >= 15 is 0 Å². The summed E-state index contributed by atoms with van der Waals surface area (Å²) in [6.45, 7) is 0.479. The summed E-state index contributed by atoms with van der Waals surface area (Å²) in [7, 11) is 0. The zero-order valence-corrected chi connectivity index (χ0v) is 5.19. The van der Waals surface area contributed by atoms with E-state index in [0.29, 0.717) is 18.8 Å². The second-order valence-electron chi connectivity index (χ2n) is 1.33. The maximum atomic E-state index is 9.64. The van der Waals surface area contributed by atoms with Gasteiger partial charge in [-0.1, -0.05) is 0 Å². The number of rotatable bonds is 4. The molecule has 0 aliphatic rings. The third-order valence-corrected chi connectivity index (χ3v) is 0.917. The lowest BCUT2D eigenvalue weighted by Crippen LogP contribution is -2.30. The van der Waals surface area contributed by atoms with Crippen LogP contribution in [0.1, 0.15) is 6.42 Å². The molecule has 0 rings (SSSR count). The van der Waals surface area contributed by atoms with Crippen molar-refractivity contribution in [2.24, 2.45) is 5.84 Å². The fraction of sp³-hybridized carbons (Fsp3) is 0.750. The van der Waals surface area contributed by atoms with Crippen LogP contribution in [0.5, 0.6) is 0 Å². The van der Waals surface area contributed by atoms with E-state index in [1.165, 1.54) is 6.41 Å². The number of amides is 1. The highest BCUT2D eigenvalue weighted by Crippen LogP contribution is 1.83. The maximum Gasteiger partial charge on any atom is 0.327 e. The zero-order valence-electron chi connectivity index (χ0n) is 4.43. The summed E-state index contributed by atoms with van der Waals surface area (Å²) < 4.78 is 0. The molecule has 0 bridgehead atoms. The van der Waals surface area contributed by atoms with Crippen LogP contribution in [0.15, 0.2) is 0 Å². The first kappa shape index (κ1) is 7.72. The molecule has 0 aromatic heterocycles. The lowest BCUT2D eigenvalue weighted by molar-refractivity contribution is 0.393. The third kappa shape index (κ3) is 3.89. The topological polar surface area (TPSA) is 46.3 Å². The van der Waals surface area contributed by atoms with Gasteiger partial charge in [-0.25, -0.2) is 5.84 Å². The molecule has 0 unspecified atom stereocenters. The van der Waals surface area contributed by atoms with Crippen molar-refractivity contribution in [1.82, 2.24) is 5.01 Å². The van der Waals surface area contributed by atoms with Crippen molar-refractivity contribution < 1.29 is 4.79 Å². The van der Waals surface area contributed by atoms with Gasteiger partial charge in [-0.15, -0.1) is 11.6 Å². The highest BCUT2D eigenvalue weighted by atomic mass is 35.5. The Bertz CT molecular complexity index is 69.1. The molecule has 0 aliphatic carbocycles. The molecule has 0 aromatic carbocycles. The molecule has 1 amide bonds. The Kier molecular flexibility index (Phi) is 4.70. The predicted octanol–water partition coefficient (Wildman–Crippen LogP) is -0.142. The third-order valence-electron chi connectivity index (χ3n) is 0.650. The quantitative estimate of drug-likeness (QED) is 0.192. The number of hydrogen-bond acceptors (Lipinski definition) is 2. The Morgan fingerprint density at radius 1 is 1.75 bits per heavy atom. The molecule has 3 nitrogen and oxygen atoms in total. The van der Waals surface area contributed by atoms with E-state index in [9.17, 15) is 4.79 Å². The first-order chi connectivity index (χ1) is 3.81. The summed E-state index contributed by atoms with van der Waals surface area (Å²) in [6.07, 6.45) is 2.22. The van der Waals surface area contributed by atoms with E-state index in [-0.39, 0.29) is 0 Å². The van der Waals surface area contributed by atoms with Gasteiger partial charge in [-0.05, 0) is 6.42 Å². The monoisotopic (exact) mass is 135 g/mol. The summed E-state index contributed by atoms with van der Waals surface area (Å²) in [5.74, 6) is 5.53. The summed E-state index contributed by atoms with van der Waals surface area (Å²) in [4.78, 5) is 9.64. The first-order valence-electron chi connectivity index (χ1n) is 2.27. The van der Waals surface area contributed by atoms with Gasteiger partial charge in [0.25, 0.3) is 0 Å². The molecule has 2 N–H and O–H groups in total. The van der Waals surface area contributed by atoms with E-state index in [1.54, 1.807) is 0 Å². The van der Waals surface area contributed by atoms with Crippen LogP contribution in [0, 0.1) is 0 Å². The highest BCUT2D eigenvalue weighted by Gasteiger charge is 1.91. The van der Waals surface area contributed by atoms with E-state index in [1.807, 2.05) is 0 Å². The van der Waals surface area contributed by atoms with Crippen LogP contribution in [0.4, 0.5) is 0 Å². The molecule has 4 heteroatoms. The molecule has 0 atom stereocenters. The van der Waals surface area contributed by atoms with Gasteiger partial charge < -0.3 is 0 Å². The Morgan fingerprint density at radius 2 is 2.38 bits per heavy atom. The van der Waals surface area contributed by atoms with Crippen molar-refractivity contribution in [3.05, 3.63) is 0 Å². The lowest BCUT2D eigenvalue weighted by atomic mass is 10.5. The van der Waals surface area contributed by atoms with Crippen molar-refractivity contribution in [3.8, 4) is 0 Å². The number of nitrogens with two attached hydrogens (primary N) is 1. The SMILES string of the molecule is NN([C]=O)CCCCl. The number of halogens is 1. The average Bonchev–Trinajstić information content (AvgIpc) is 1.83. The molecular weight excluding hydrogens is 128 g/mol. The standard InChI is InChI=1S/C4H8ClN2O/c5-2-1-3-7(6)4-8/h1-3,6H2. The average molecular weight is 136 g/mol. The van der Waals surface area contributed by atoms with Crippen molar-refractivity contribution in [2.75, 3.05) is 12.4 Å². The van der Waals surface area contributed by atoms with Crippen molar-refractivity contribution in [1.29, 1.82) is 0 Å².